The highest BCUT2D eigenvalue weighted by Gasteiger charge is 2.27. The number of piperazine rings is 1. The molecule has 0 atom stereocenters. The van der Waals surface area contributed by atoms with E-state index >= 15 is 0 Å². The van der Waals surface area contributed by atoms with E-state index in [0.717, 1.165) is 0 Å². The van der Waals surface area contributed by atoms with Gasteiger partial charge in [-0.25, -0.2) is 18.4 Å². The van der Waals surface area contributed by atoms with Gasteiger partial charge in [0.1, 0.15) is 10.7 Å². The molecule has 2 aromatic heterocycles. The SMILES string of the molecule is CN1CCN(S(=O)(=O)c2ccc(SCC(=O)Nc3ccc(Cl)cn3)nc2)CC1. The Kier molecular flexibility index (Phi) is 6.89. The molecular formula is C17H20ClN5O3S2. The molecule has 1 fully saturated rings. The fourth-order valence-electron chi connectivity index (χ4n) is 2.55. The molecule has 0 saturated carbocycles. The van der Waals surface area contributed by atoms with E-state index in [1.165, 1.54) is 34.5 Å². The third-order valence-electron chi connectivity index (χ3n) is 4.16. The van der Waals surface area contributed by atoms with Crippen molar-refractivity contribution < 1.29 is 13.2 Å². The van der Waals surface area contributed by atoms with Gasteiger partial charge in [-0.15, -0.1) is 0 Å². The maximum absolute atomic E-state index is 12.7. The van der Waals surface area contributed by atoms with E-state index in [1.54, 1.807) is 18.2 Å². The van der Waals surface area contributed by atoms with Gasteiger partial charge in [0.25, 0.3) is 0 Å². The maximum Gasteiger partial charge on any atom is 0.244 e. The number of rotatable bonds is 6. The number of carbonyl (C=O) groups excluding carboxylic acids is 1. The Bertz CT molecular complexity index is 915. The number of halogens is 1. The molecule has 0 spiro atoms. The highest BCUT2D eigenvalue weighted by Crippen LogP contribution is 2.21. The normalized spacial score (nSPS) is 16.1. The number of nitrogens with zero attached hydrogens (tertiary/aromatic N) is 4. The zero-order valence-electron chi connectivity index (χ0n) is 15.2. The third-order valence-corrected chi connectivity index (χ3v) is 7.20. The fourth-order valence-corrected chi connectivity index (χ4v) is 4.67. The number of pyridine rings is 2. The second-order valence-electron chi connectivity index (χ2n) is 6.24. The van der Waals surface area contributed by atoms with Crippen molar-refractivity contribution in [3.8, 4) is 0 Å². The number of anilines is 1. The van der Waals surface area contributed by atoms with Crippen LogP contribution in [0.1, 0.15) is 0 Å². The van der Waals surface area contributed by atoms with Crippen LogP contribution >= 0.6 is 23.4 Å². The molecule has 8 nitrogen and oxygen atoms in total. The van der Waals surface area contributed by atoms with E-state index < -0.39 is 10.0 Å². The lowest BCUT2D eigenvalue weighted by Crippen LogP contribution is -2.47. The topological polar surface area (TPSA) is 95.5 Å². The van der Waals surface area contributed by atoms with Gasteiger partial charge in [-0.1, -0.05) is 23.4 Å². The number of nitrogens with one attached hydrogen (secondary N) is 1. The average molecular weight is 442 g/mol. The summed E-state index contributed by atoms with van der Waals surface area (Å²) in [4.78, 5) is 22.4. The van der Waals surface area contributed by atoms with Crippen LogP contribution in [0.15, 0.2) is 46.6 Å². The second kappa shape index (κ2) is 9.19. The lowest BCUT2D eigenvalue weighted by molar-refractivity contribution is -0.113. The molecule has 0 bridgehead atoms. The van der Waals surface area contributed by atoms with Crippen LogP contribution in [0.3, 0.4) is 0 Å². The first kappa shape index (κ1) is 21.0. The number of likely N-dealkylation sites (N-methyl/N-ethyl adjacent to an activating group) is 1. The van der Waals surface area contributed by atoms with Gasteiger partial charge in [0.15, 0.2) is 0 Å². The molecule has 1 aliphatic heterocycles. The minimum absolute atomic E-state index is 0.127. The van der Waals surface area contributed by atoms with E-state index in [2.05, 4.69) is 20.2 Å². The minimum Gasteiger partial charge on any atom is -0.310 e. The van der Waals surface area contributed by atoms with Gasteiger partial charge in [-0.05, 0) is 31.3 Å². The zero-order valence-corrected chi connectivity index (χ0v) is 17.6. The first-order chi connectivity index (χ1) is 13.3. The summed E-state index contributed by atoms with van der Waals surface area (Å²) in [5.74, 6) is 0.300. The fraction of sp³-hybridized carbons (Fsp3) is 0.353. The lowest BCUT2D eigenvalue weighted by Gasteiger charge is -2.31. The van der Waals surface area contributed by atoms with Crippen molar-refractivity contribution in [2.75, 3.05) is 44.3 Å². The number of carbonyl (C=O) groups is 1. The Balaban J connectivity index is 1.55. The summed E-state index contributed by atoms with van der Waals surface area (Å²) in [6.07, 6.45) is 2.79. The van der Waals surface area contributed by atoms with E-state index in [1.807, 2.05) is 7.05 Å². The molecule has 1 saturated heterocycles. The number of hydrogen-bond donors (Lipinski definition) is 1. The minimum atomic E-state index is -3.54. The van der Waals surface area contributed by atoms with Crippen LogP contribution in [0.2, 0.25) is 5.02 Å². The predicted octanol–water partition coefficient (Wildman–Crippen LogP) is 1.80. The number of sulfonamides is 1. The van der Waals surface area contributed by atoms with Crippen molar-refractivity contribution in [2.45, 2.75) is 9.92 Å². The van der Waals surface area contributed by atoms with Crippen LogP contribution < -0.4 is 5.32 Å². The van der Waals surface area contributed by atoms with Crippen LogP contribution in [0.5, 0.6) is 0 Å². The number of hydrogen-bond acceptors (Lipinski definition) is 7. The van der Waals surface area contributed by atoms with Crippen molar-refractivity contribution in [3.05, 3.63) is 41.7 Å². The van der Waals surface area contributed by atoms with Crippen LogP contribution in [0.4, 0.5) is 5.82 Å². The quantitative estimate of drug-likeness (QED) is 0.683. The number of thioether (sulfide) groups is 1. The first-order valence-corrected chi connectivity index (χ1v) is 11.3. The van der Waals surface area contributed by atoms with Gasteiger partial charge in [-0.2, -0.15) is 4.31 Å². The van der Waals surface area contributed by atoms with Crippen LogP contribution in [-0.2, 0) is 14.8 Å². The molecular weight excluding hydrogens is 422 g/mol. The van der Waals surface area contributed by atoms with Crippen molar-refractivity contribution in [3.63, 3.8) is 0 Å². The Hall–Kier alpha value is -1.72. The number of aromatic nitrogens is 2. The second-order valence-corrected chi connectivity index (χ2v) is 9.61. The largest absolute Gasteiger partial charge is 0.310 e. The molecule has 0 aliphatic carbocycles. The highest BCUT2D eigenvalue weighted by molar-refractivity contribution is 7.99. The van der Waals surface area contributed by atoms with Gasteiger partial charge >= 0.3 is 0 Å². The van der Waals surface area contributed by atoms with E-state index in [0.29, 0.717) is 42.0 Å². The molecule has 0 unspecified atom stereocenters. The van der Waals surface area contributed by atoms with Crippen molar-refractivity contribution >= 4 is 45.1 Å². The molecule has 1 N–H and O–H groups in total. The molecule has 2 aromatic rings. The van der Waals surface area contributed by atoms with Crippen molar-refractivity contribution in [1.82, 2.24) is 19.2 Å². The first-order valence-electron chi connectivity index (χ1n) is 8.53. The van der Waals surface area contributed by atoms with Crippen LogP contribution in [0, 0.1) is 0 Å². The maximum atomic E-state index is 12.7. The van der Waals surface area contributed by atoms with E-state index in [-0.39, 0.29) is 16.6 Å². The summed E-state index contributed by atoms with van der Waals surface area (Å²) in [6, 6.07) is 6.39. The van der Waals surface area contributed by atoms with Crippen LogP contribution in [-0.4, -0.2) is 72.5 Å². The Morgan fingerprint density at radius 1 is 1.14 bits per heavy atom. The summed E-state index contributed by atoms with van der Waals surface area (Å²) < 4.78 is 26.8. The van der Waals surface area contributed by atoms with Gasteiger partial charge in [0.2, 0.25) is 15.9 Å². The Morgan fingerprint density at radius 2 is 1.89 bits per heavy atom. The lowest BCUT2D eigenvalue weighted by atomic mass is 10.4. The molecule has 0 aromatic carbocycles. The third kappa shape index (κ3) is 5.42. The van der Waals surface area contributed by atoms with Gasteiger partial charge in [0.05, 0.1) is 15.8 Å². The van der Waals surface area contributed by atoms with Crippen molar-refractivity contribution in [1.29, 1.82) is 0 Å². The Morgan fingerprint density at radius 3 is 2.50 bits per heavy atom. The number of amides is 1. The molecule has 11 heteroatoms. The molecule has 28 heavy (non-hydrogen) atoms. The smallest absolute Gasteiger partial charge is 0.244 e. The average Bonchev–Trinajstić information content (AvgIpc) is 2.69. The monoisotopic (exact) mass is 441 g/mol. The van der Waals surface area contributed by atoms with Gasteiger partial charge in [-0.3, -0.25) is 4.79 Å². The summed E-state index contributed by atoms with van der Waals surface area (Å²) >= 11 is 6.97. The van der Waals surface area contributed by atoms with E-state index in [9.17, 15) is 13.2 Å². The molecule has 150 valence electrons. The standard InChI is InChI=1S/C17H20ClN5O3S2/c1-22-6-8-23(9-7-22)28(25,26)14-3-5-17(20-11-14)27-12-16(24)21-15-4-2-13(18)10-19-15/h2-5,10-11H,6-9,12H2,1H3,(H,19,21,24). The van der Waals surface area contributed by atoms with Crippen LogP contribution in [0.25, 0.3) is 0 Å². The highest BCUT2D eigenvalue weighted by atomic mass is 35.5. The van der Waals surface area contributed by atoms with Gasteiger partial charge < -0.3 is 10.2 Å². The zero-order chi connectivity index (χ0) is 20.1. The molecule has 0 radical (unpaired) electrons. The summed E-state index contributed by atoms with van der Waals surface area (Å²) in [5.41, 5.74) is 0. The van der Waals surface area contributed by atoms with Gasteiger partial charge in [0, 0.05) is 38.6 Å². The molecule has 3 rings (SSSR count). The summed E-state index contributed by atoms with van der Waals surface area (Å²) in [6.45, 7) is 2.35. The molecule has 1 aliphatic rings. The Labute approximate surface area is 173 Å². The van der Waals surface area contributed by atoms with E-state index in [4.69, 9.17) is 11.6 Å². The molecule has 1 amide bonds. The predicted molar refractivity (Wildman–Crippen MR) is 109 cm³/mol. The summed E-state index contributed by atoms with van der Waals surface area (Å²) in [7, 11) is -1.57. The summed E-state index contributed by atoms with van der Waals surface area (Å²) in [5, 5.41) is 3.71. The molecule has 3 heterocycles. The van der Waals surface area contributed by atoms with Crippen molar-refractivity contribution in [2.24, 2.45) is 0 Å².